The zero-order chi connectivity index (χ0) is 13.1. The Morgan fingerprint density at radius 2 is 2.06 bits per heavy atom. The van der Waals surface area contributed by atoms with Crippen LogP contribution >= 0.6 is 0 Å². The lowest BCUT2D eigenvalue weighted by Gasteiger charge is -2.31. The highest BCUT2D eigenvalue weighted by molar-refractivity contribution is 5.82. The van der Waals surface area contributed by atoms with Gasteiger partial charge in [0.05, 0.1) is 19.2 Å². The van der Waals surface area contributed by atoms with Gasteiger partial charge in [-0.1, -0.05) is 0 Å². The number of carbonyl (C=O) groups excluding carboxylic acids is 1. The molecule has 2 aliphatic rings. The molecule has 2 aliphatic heterocycles. The van der Waals surface area contributed by atoms with Crippen molar-refractivity contribution in [3.8, 4) is 6.07 Å². The van der Waals surface area contributed by atoms with Gasteiger partial charge in [0.1, 0.15) is 6.10 Å². The van der Waals surface area contributed by atoms with Crippen molar-refractivity contribution in [2.45, 2.75) is 31.2 Å². The molecule has 0 saturated carbocycles. The molecule has 0 aliphatic carbocycles. The standard InChI is InChI=1S/C11H14N2O5/c12-5-7-6-13(3-4-17-7)10(14)8-1-2-9(18-8)11(15)16/h7-9H,1-4,6H2,(H,15,16)/t7?,8-,9+/m0/s1. The van der Waals surface area contributed by atoms with Gasteiger partial charge in [-0.25, -0.2) is 4.79 Å². The highest BCUT2D eigenvalue weighted by Crippen LogP contribution is 2.22. The second-order valence-corrected chi connectivity index (χ2v) is 4.30. The summed E-state index contributed by atoms with van der Waals surface area (Å²) in [6, 6.07) is 1.96. The van der Waals surface area contributed by atoms with E-state index in [1.807, 2.05) is 6.07 Å². The van der Waals surface area contributed by atoms with Crippen molar-refractivity contribution in [3.63, 3.8) is 0 Å². The molecule has 0 spiro atoms. The number of hydrogen-bond donors (Lipinski definition) is 1. The first-order chi connectivity index (χ1) is 8.61. The van der Waals surface area contributed by atoms with E-state index in [1.54, 1.807) is 0 Å². The van der Waals surface area contributed by atoms with Crippen molar-refractivity contribution >= 4 is 11.9 Å². The van der Waals surface area contributed by atoms with Crippen LogP contribution in [0.15, 0.2) is 0 Å². The molecule has 18 heavy (non-hydrogen) atoms. The lowest BCUT2D eigenvalue weighted by atomic mass is 10.1. The molecule has 1 N–H and O–H groups in total. The zero-order valence-corrected chi connectivity index (χ0v) is 9.74. The molecule has 1 amide bonds. The fourth-order valence-corrected chi connectivity index (χ4v) is 2.13. The van der Waals surface area contributed by atoms with Crippen LogP contribution in [0.5, 0.6) is 0 Å². The fourth-order valence-electron chi connectivity index (χ4n) is 2.13. The largest absolute Gasteiger partial charge is 0.479 e. The Kier molecular flexibility index (Phi) is 3.79. The summed E-state index contributed by atoms with van der Waals surface area (Å²) < 4.78 is 10.3. The van der Waals surface area contributed by atoms with Crippen LogP contribution in [0, 0.1) is 11.3 Å². The minimum atomic E-state index is -1.04. The van der Waals surface area contributed by atoms with Gasteiger partial charge in [0, 0.05) is 6.54 Å². The van der Waals surface area contributed by atoms with Crippen LogP contribution in [0.4, 0.5) is 0 Å². The van der Waals surface area contributed by atoms with Crippen LogP contribution in [0.3, 0.4) is 0 Å². The van der Waals surface area contributed by atoms with Crippen LogP contribution in [-0.2, 0) is 19.1 Å². The van der Waals surface area contributed by atoms with E-state index < -0.39 is 24.3 Å². The Balaban J connectivity index is 1.92. The maximum absolute atomic E-state index is 12.1. The summed E-state index contributed by atoms with van der Waals surface area (Å²) in [7, 11) is 0. The topological polar surface area (TPSA) is 99.9 Å². The maximum Gasteiger partial charge on any atom is 0.332 e. The number of carbonyl (C=O) groups is 2. The lowest BCUT2D eigenvalue weighted by Crippen LogP contribution is -2.49. The van der Waals surface area contributed by atoms with Crippen LogP contribution in [0.1, 0.15) is 12.8 Å². The Labute approximate surface area is 104 Å². The number of aliphatic carboxylic acids is 1. The Bertz CT molecular complexity index is 391. The van der Waals surface area contributed by atoms with Gasteiger partial charge in [-0.15, -0.1) is 0 Å². The molecular weight excluding hydrogens is 240 g/mol. The van der Waals surface area contributed by atoms with Gasteiger partial charge < -0.3 is 19.5 Å². The van der Waals surface area contributed by atoms with E-state index in [9.17, 15) is 9.59 Å². The first kappa shape index (κ1) is 12.8. The monoisotopic (exact) mass is 254 g/mol. The fraction of sp³-hybridized carbons (Fsp3) is 0.727. The summed E-state index contributed by atoms with van der Waals surface area (Å²) in [5.41, 5.74) is 0. The average Bonchev–Trinajstić information content (AvgIpc) is 2.87. The van der Waals surface area contributed by atoms with E-state index in [0.717, 1.165) is 0 Å². The Hall–Kier alpha value is -1.65. The summed E-state index contributed by atoms with van der Waals surface area (Å²) in [6.45, 7) is 0.945. The van der Waals surface area contributed by atoms with E-state index >= 15 is 0 Å². The Morgan fingerprint density at radius 3 is 2.67 bits per heavy atom. The van der Waals surface area contributed by atoms with Crippen LogP contribution in [0.25, 0.3) is 0 Å². The first-order valence-corrected chi connectivity index (χ1v) is 5.80. The van der Waals surface area contributed by atoms with Gasteiger partial charge in [-0.2, -0.15) is 5.26 Å². The highest BCUT2D eigenvalue weighted by atomic mass is 16.5. The van der Waals surface area contributed by atoms with Crippen LogP contribution < -0.4 is 0 Å². The van der Waals surface area contributed by atoms with Gasteiger partial charge in [0.15, 0.2) is 12.2 Å². The first-order valence-electron chi connectivity index (χ1n) is 5.80. The number of nitriles is 1. The van der Waals surface area contributed by atoms with Gasteiger partial charge in [-0.05, 0) is 12.8 Å². The van der Waals surface area contributed by atoms with E-state index in [-0.39, 0.29) is 12.5 Å². The third-order valence-electron chi connectivity index (χ3n) is 3.09. The second kappa shape index (κ2) is 5.33. The quantitative estimate of drug-likeness (QED) is 0.704. The van der Waals surface area contributed by atoms with Gasteiger partial charge in [0.25, 0.3) is 5.91 Å². The van der Waals surface area contributed by atoms with Crippen molar-refractivity contribution in [2.24, 2.45) is 0 Å². The van der Waals surface area contributed by atoms with E-state index in [0.29, 0.717) is 26.0 Å². The predicted octanol–water partition coefficient (Wildman–Crippen LogP) is -0.630. The molecule has 0 radical (unpaired) electrons. The predicted molar refractivity (Wildman–Crippen MR) is 57.5 cm³/mol. The number of nitrogens with zero attached hydrogens (tertiary/aromatic N) is 2. The molecule has 3 atom stereocenters. The summed E-state index contributed by atoms with van der Waals surface area (Å²) in [5, 5.41) is 17.5. The summed E-state index contributed by atoms with van der Waals surface area (Å²) in [4.78, 5) is 24.3. The third-order valence-corrected chi connectivity index (χ3v) is 3.09. The number of amides is 1. The minimum Gasteiger partial charge on any atom is -0.479 e. The molecule has 0 aromatic carbocycles. The van der Waals surface area contributed by atoms with Crippen LogP contribution in [-0.4, -0.2) is 59.9 Å². The van der Waals surface area contributed by atoms with Crippen molar-refractivity contribution in [1.82, 2.24) is 4.90 Å². The molecule has 2 rings (SSSR count). The Morgan fingerprint density at radius 1 is 1.33 bits per heavy atom. The van der Waals surface area contributed by atoms with E-state index in [2.05, 4.69) is 0 Å². The number of hydrogen-bond acceptors (Lipinski definition) is 5. The number of rotatable bonds is 2. The van der Waals surface area contributed by atoms with E-state index in [1.165, 1.54) is 4.90 Å². The number of carboxylic acid groups (broad SMARTS) is 1. The van der Waals surface area contributed by atoms with Crippen molar-refractivity contribution < 1.29 is 24.2 Å². The minimum absolute atomic E-state index is 0.215. The lowest BCUT2D eigenvalue weighted by molar-refractivity contribution is -0.157. The van der Waals surface area contributed by atoms with Crippen molar-refractivity contribution in [1.29, 1.82) is 5.26 Å². The molecule has 98 valence electrons. The SMILES string of the molecule is N#CC1CN(C(=O)[C@@H]2CC[C@H](C(=O)O)O2)CCO1. The molecular formula is C11H14N2O5. The second-order valence-electron chi connectivity index (χ2n) is 4.30. The maximum atomic E-state index is 12.1. The molecule has 2 saturated heterocycles. The molecule has 0 aromatic heterocycles. The molecule has 7 nitrogen and oxygen atoms in total. The number of morpholine rings is 1. The highest BCUT2D eigenvalue weighted by Gasteiger charge is 2.38. The summed E-state index contributed by atoms with van der Waals surface area (Å²) in [5.74, 6) is -1.29. The summed E-state index contributed by atoms with van der Waals surface area (Å²) >= 11 is 0. The van der Waals surface area contributed by atoms with Gasteiger partial charge >= 0.3 is 5.97 Å². The molecule has 2 heterocycles. The summed E-state index contributed by atoms with van der Waals surface area (Å²) in [6.07, 6.45) is -1.46. The van der Waals surface area contributed by atoms with E-state index in [4.69, 9.17) is 19.8 Å². The van der Waals surface area contributed by atoms with Crippen LogP contribution in [0.2, 0.25) is 0 Å². The zero-order valence-electron chi connectivity index (χ0n) is 9.74. The van der Waals surface area contributed by atoms with Crippen molar-refractivity contribution in [2.75, 3.05) is 19.7 Å². The smallest absolute Gasteiger partial charge is 0.332 e. The molecule has 1 unspecified atom stereocenters. The molecule has 7 heteroatoms. The van der Waals surface area contributed by atoms with Gasteiger partial charge in [0.2, 0.25) is 0 Å². The molecule has 0 aromatic rings. The number of carboxylic acids is 1. The third kappa shape index (κ3) is 2.60. The average molecular weight is 254 g/mol. The van der Waals surface area contributed by atoms with Crippen molar-refractivity contribution in [3.05, 3.63) is 0 Å². The molecule has 2 fully saturated rings. The number of ether oxygens (including phenoxy) is 2. The van der Waals surface area contributed by atoms with Gasteiger partial charge in [-0.3, -0.25) is 4.79 Å². The normalized spacial score (nSPS) is 31.9. The molecule has 0 bridgehead atoms.